The maximum atomic E-state index is 12.0. The lowest BCUT2D eigenvalue weighted by Gasteiger charge is -2.22. The van der Waals surface area contributed by atoms with Crippen molar-refractivity contribution in [3.8, 4) is 0 Å². The fourth-order valence-electron chi connectivity index (χ4n) is 2.32. The van der Waals surface area contributed by atoms with E-state index in [0.717, 1.165) is 43.9 Å². The highest BCUT2D eigenvalue weighted by Gasteiger charge is 2.17. The lowest BCUT2D eigenvalue weighted by atomic mass is 10.1. The van der Waals surface area contributed by atoms with Crippen LogP contribution in [0.15, 0.2) is 12.3 Å². The van der Waals surface area contributed by atoms with E-state index in [4.69, 9.17) is 5.11 Å². The van der Waals surface area contributed by atoms with Crippen LogP contribution in [0.2, 0.25) is 0 Å². The summed E-state index contributed by atoms with van der Waals surface area (Å²) in [4.78, 5) is 12.0. The molecule has 1 amide bonds. The number of hydrogen-bond acceptors (Lipinski definition) is 5. The summed E-state index contributed by atoms with van der Waals surface area (Å²) in [6, 6.07) is 2.14. The molecule has 7 heteroatoms. The van der Waals surface area contributed by atoms with Crippen molar-refractivity contribution < 1.29 is 9.90 Å². The zero-order valence-corrected chi connectivity index (χ0v) is 13.1. The maximum absolute atomic E-state index is 12.0. The standard InChI is InChI=1S/C14H24N4O2S/c19-8-2-9-21-10-6-16-14(20)13-4-7-18(17-13)12-3-1-5-15-11-12/h4,7,12,15,19H,1-3,5-6,8-11H2,(H,16,20). The monoisotopic (exact) mass is 312 g/mol. The zero-order valence-electron chi connectivity index (χ0n) is 12.3. The minimum absolute atomic E-state index is 0.111. The molecule has 1 aromatic rings. The lowest BCUT2D eigenvalue weighted by molar-refractivity contribution is 0.0950. The molecule has 2 heterocycles. The van der Waals surface area contributed by atoms with Gasteiger partial charge in [0.25, 0.3) is 5.91 Å². The number of aliphatic hydroxyl groups excluding tert-OH is 1. The topological polar surface area (TPSA) is 79.2 Å². The average molecular weight is 312 g/mol. The summed E-state index contributed by atoms with van der Waals surface area (Å²) in [5.74, 6) is 1.68. The van der Waals surface area contributed by atoms with Gasteiger partial charge in [0.2, 0.25) is 0 Å². The molecule has 1 saturated heterocycles. The number of aliphatic hydroxyl groups is 1. The summed E-state index contributed by atoms with van der Waals surface area (Å²) in [7, 11) is 0. The fourth-order valence-corrected chi connectivity index (χ4v) is 3.10. The molecule has 1 unspecified atom stereocenters. The SMILES string of the molecule is O=C(NCCSCCCO)c1ccn(C2CCCNC2)n1. The minimum Gasteiger partial charge on any atom is -0.396 e. The molecule has 3 N–H and O–H groups in total. The van der Waals surface area contributed by atoms with Gasteiger partial charge < -0.3 is 15.7 Å². The van der Waals surface area contributed by atoms with Crippen LogP contribution in [-0.2, 0) is 0 Å². The Bertz CT molecular complexity index is 432. The van der Waals surface area contributed by atoms with Gasteiger partial charge in [0.05, 0.1) is 6.04 Å². The van der Waals surface area contributed by atoms with Crippen molar-refractivity contribution in [2.45, 2.75) is 25.3 Å². The number of rotatable bonds is 8. The second-order valence-corrected chi connectivity index (χ2v) is 6.35. The number of nitrogens with one attached hydrogen (secondary N) is 2. The first kappa shape index (κ1) is 16.3. The molecule has 118 valence electrons. The molecule has 0 spiro atoms. The third kappa shape index (κ3) is 5.33. The molecule has 0 bridgehead atoms. The first-order chi connectivity index (χ1) is 10.3. The van der Waals surface area contributed by atoms with E-state index in [0.29, 0.717) is 18.3 Å². The average Bonchev–Trinajstić information content (AvgIpc) is 3.01. The number of carbonyl (C=O) groups is 1. The number of thioether (sulfide) groups is 1. The summed E-state index contributed by atoms with van der Waals surface area (Å²) >= 11 is 1.73. The van der Waals surface area contributed by atoms with Crippen LogP contribution >= 0.6 is 11.8 Å². The number of amides is 1. The van der Waals surface area contributed by atoms with Gasteiger partial charge >= 0.3 is 0 Å². The van der Waals surface area contributed by atoms with E-state index in [9.17, 15) is 4.79 Å². The van der Waals surface area contributed by atoms with E-state index >= 15 is 0 Å². The Labute approximate surface area is 129 Å². The third-order valence-corrected chi connectivity index (χ3v) is 4.53. The van der Waals surface area contributed by atoms with Gasteiger partial charge in [-0.3, -0.25) is 9.48 Å². The van der Waals surface area contributed by atoms with E-state index < -0.39 is 0 Å². The lowest BCUT2D eigenvalue weighted by Crippen LogP contribution is -2.32. The van der Waals surface area contributed by atoms with Gasteiger partial charge in [-0.25, -0.2) is 0 Å². The van der Waals surface area contributed by atoms with Crippen LogP contribution in [-0.4, -0.2) is 58.5 Å². The molecule has 0 radical (unpaired) electrons. The Morgan fingerprint density at radius 3 is 3.24 bits per heavy atom. The van der Waals surface area contributed by atoms with Crippen molar-refractivity contribution >= 4 is 17.7 Å². The molecule has 1 aliphatic rings. The van der Waals surface area contributed by atoms with Gasteiger partial charge in [-0.15, -0.1) is 0 Å². The minimum atomic E-state index is -0.111. The summed E-state index contributed by atoms with van der Waals surface area (Å²) in [6.45, 7) is 2.85. The predicted octanol–water partition coefficient (Wildman–Crippen LogP) is 0.653. The fraction of sp³-hybridized carbons (Fsp3) is 0.714. The molecular weight excluding hydrogens is 288 g/mol. The van der Waals surface area contributed by atoms with Crippen molar-refractivity contribution in [2.75, 3.05) is 37.7 Å². The number of piperidine rings is 1. The van der Waals surface area contributed by atoms with E-state index in [1.807, 2.05) is 10.9 Å². The summed E-state index contributed by atoms with van der Waals surface area (Å²) in [5.41, 5.74) is 0.487. The van der Waals surface area contributed by atoms with Gasteiger partial charge in [-0.2, -0.15) is 16.9 Å². The summed E-state index contributed by atoms with van der Waals surface area (Å²) in [5, 5.41) is 19.3. The Morgan fingerprint density at radius 1 is 1.57 bits per heavy atom. The zero-order chi connectivity index (χ0) is 14.9. The molecule has 21 heavy (non-hydrogen) atoms. The van der Waals surface area contributed by atoms with Crippen molar-refractivity contribution in [1.29, 1.82) is 0 Å². The third-order valence-electron chi connectivity index (χ3n) is 3.46. The van der Waals surface area contributed by atoms with Crippen LogP contribution in [0.1, 0.15) is 35.8 Å². The van der Waals surface area contributed by atoms with E-state index in [1.165, 1.54) is 0 Å². The molecule has 0 saturated carbocycles. The Hall–Kier alpha value is -1.05. The van der Waals surface area contributed by atoms with Gasteiger partial charge in [0.1, 0.15) is 5.69 Å². The molecule has 1 atom stereocenters. The number of hydrogen-bond donors (Lipinski definition) is 3. The molecule has 2 rings (SSSR count). The highest BCUT2D eigenvalue weighted by atomic mass is 32.2. The first-order valence-electron chi connectivity index (χ1n) is 7.54. The Balaban J connectivity index is 1.71. The number of carbonyl (C=O) groups excluding carboxylic acids is 1. The first-order valence-corrected chi connectivity index (χ1v) is 8.69. The van der Waals surface area contributed by atoms with Crippen LogP contribution < -0.4 is 10.6 Å². The highest BCUT2D eigenvalue weighted by molar-refractivity contribution is 7.99. The summed E-state index contributed by atoms with van der Waals surface area (Å²) in [6.07, 6.45) is 4.95. The van der Waals surface area contributed by atoms with Crippen molar-refractivity contribution in [1.82, 2.24) is 20.4 Å². The Kier molecular flexibility index (Phi) is 7.05. The highest BCUT2D eigenvalue weighted by Crippen LogP contribution is 2.15. The van der Waals surface area contributed by atoms with Gasteiger partial charge in [0.15, 0.2) is 0 Å². The molecule has 0 aromatic carbocycles. The number of nitrogens with zero attached hydrogens (tertiary/aromatic N) is 2. The predicted molar refractivity (Wildman–Crippen MR) is 84.7 cm³/mol. The van der Waals surface area contributed by atoms with Crippen LogP contribution in [0.25, 0.3) is 0 Å². The number of aromatic nitrogens is 2. The molecule has 1 aromatic heterocycles. The van der Waals surface area contributed by atoms with E-state index in [1.54, 1.807) is 17.8 Å². The van der Waals surface area contributed by atoms with Crippen LogP contribution in [0.5, 0.6) is 0 Å². The Morgan fingerprint density at radius 2 is 2.48 bits per heavy atom. The van der Waals surface area contributed by atoms with Crippen molar-refractivity contribution in [2.24, 2.45) is 0 Å². The molecule has 0 aliphatic carbocycles. The molecular formula is C14H24N4O2S. The maximum Gasteiger partial charge on any atom is 0.271 e. The van der Waals surface area contributed by atoms with Crippen LogP contribution in [0, 0.1) is 0 Å². The second-order valence-electron chi connectivity index (χ2n) is 5.13. The second kappa shape index (κ2) is 9.07. The van der Waals surface area contributed by atoms with E-state index in [2.05, 4.69) is 15.7 Å². The van der Waals surface area contributed by atoms with Crippen molar-refractivity contribution in [3.05, 3.63) is 18.0 Å². The normalized spacial score (nSPS) is 18.6. The smallest absolute Gasteiger partial charge is 0.271 e. The van der Waals surface area contributed by atoms with Gasteiger partial charge in [0, 0.05) is 31.6 Å². The quantitative estimate of drug-likeness (QED) is 0.614. The van der Waals surface area contributed by atoms with Crippen LogP contribution in [0.4, 0.5) is 0 Å². The van der Waals surface area contributed by atoms with Gasteiger partial charge in [-0.1, -0.05) is 0 Å². The van der Waals surface area contributed by atoms with Gasteiger partial charge in [-0.05, 0) is 37.6 Å². The molecule has 1 aliphatic heterocycles. The molecule has 6 nitrogen and oxygen atoms in total. The van der Waals surface area contributed by atoms with Crippen LogP contribution in [0.3, 0.4) is 0 Å². The van der Waals surface area contributed by atoms with E-state index in [-0.39, 0.29) is 12.5 Å². The molecule has 1 fully saturated rings. The van der Waals surface area contributed by atoms with Crippen molar-refractivity contribution in [3.63, 3.8) is 0 Å². The largest absolute Gasteiger partial charge is 0.396 e. The summed E-state index contributed by atoms with van der Waals surface area (Å²) < 4.78 is 1.90.